The highest BCUT2D eigenvalue weighted by Crippen LogP contribution is 2.37. The average molecular weight is 407 g/mol. The van der Waals surface area contributed by atoms with Gasteiger partial charge in [-0.2, -0.15) is 0 Å². The monoisotopic (exact) mass is 406 g/mol. The van der Waals surface area contributed by atoms with Gasteiger partial charge < -0.3 is 14.8 Å². The Labute approximate surface area is 166 Å². The summed E-state index contributed by atoms with van der Waals surface area (Å²) in [7, 11) is 3.09. The van der Waals surface area contributed by atoms with Gasteiger partial charge in [0.25, 0.3) is 5.91 Å². The minimum Gasteiger partial charge on any atom is -0.493 e. The molecule has 0 unspecified atom stereocenters. The molecule has 0 radical (unpaired) electrons. The Bertz CT molecular complexity index is 931. The summed E-state index contributed by atoms with van der Waals surface area (Å²) in [4.78, 5) is 13.4. The van der Waals surface area contributed by atoms with Gasteiger partial charge in [-0.15, -0.1) is 0 Å². The number of amides is 1. The lowest BCUT2D eigenvalue weighted by Crippen LogP contribution is -2.25. The molecule has 1 aliphatic rings. The molecule has 0 spiro atoms. The largest absolute Gasteiger partial charge is 0.493 e. The van der Waals surface area contributed by atoms with Crippen molar-refractivity contribution in [1.29, 1.82) is 0 Å². The van der Waals surface area contributed by atoms with Crippen LogP contribution in [0.3, 0.4) is 0 Å². The number of hydrogen-bond acceptors (Lipinski definition) is 4. The zero-order valence-electron chi connectivity index (χ0n) is 14.6. The highest BCUT2D eigenvalue weighted by Gasteiger charge is 2.27. The summed E-state index contributed by atoms with van der Waals surface area (Å²) >= 11 is 11.4. The van der Waals surface area contributed by atoms with E-state index in [1.54, 1.807) is 37.4 Å². The van der Waals surface area contributed by atoms with Gasteiger partial charge in [-0.25, -0.2) is 4.39 Å². The topological polar surface area (TPSA) is 50.8 Å². The number of rotatable bonds is 5. The highest BCUT2D eigenvalue weighted by molar-refractivity contribution is 7.80. The maximum Gasteiger partial charge on any atom is 0.276 e. The van der Waals surface area contributed by atoms with Crippen LogP contribution in [0.1, 0.15) is 11.1 Å². The van der Waals surface area contributed by atoms with Crippen LogP contribution in [0.15, 0.2) is 42.1 Å². The number of methoxy groups -OCH3 is 1. The number of nitrogens with one attached hydrogen (secondary N) is 1. The van der Waals surface area contributed by atoms with E-state index in [1.165, 1.54) is 24.1 Å². The molecule has 140 valence electrons. The fourth-order valence-electron chi connectivity index (χ4n) is 2.49. The van der Waals surface area contributed by atoms with E-state index in [9.17, 15) is 9.18 Å². The third-order valence-electron chi connectivity index (χ3n) is 3.94. The smallest absolute Gasteiger partial charge is 0.276 e. The van der Waals surface area contributed by atoms with Gasteiger partial charge in [0.1, 0.15) is 18.1 Å². The molecular weight excluding hydrogens is 391 g/mol. The Morgan fingerprint density at radius 1 is 1.30 bits per heavy atom. The number of likely N-dealkylation sites (N-methyl/N-ethyl adjacent to an activating group) is 1. The standard InChI is InChI=1S/C19H16ClFN2O3S/c1-23-18(24)15(22-19(23)27)8-12-7-14(20)17(16(9-12)25-2)26-10-11-3-5-13(21)6-4-11/h3-9H,10H2,1-2H3,(H,22,27)/b15-8-. The SMILES string of the molecule is COc1cc(/C=C2\NC(=S)N(C)C2=O)cc(Cl)c1OCc1ccc(F)cc1. The molecule has 1 saturated heterocycles. The normalized spacial score (nSPS) is 15.3. The molecule has 27 heavy (non-hydrogen) atoms. The second-order valence-electron chi connectivity index (χ2n) is 5.80. The van der Waals surface area contributed by atoms with Gasteiger partial charge in [0, 0.05) is 7.05 Å². The molecule has 5 nitrogen and oxygen atoms in total. The maximum absolute atomic E-state index is 13.0. The van der Waals surface area contributed by atoms with Gasteiger partial charge in [-0.05, 0) is 53.7 Å². The van der Waals surface area contributed by atoms with Crippen molar-refractivity contribution in [2.75, 3.05) is 14.2 Å². The van der Waals surface area contributed by atoms with Crippen LogP contribution in [-0.2, 0) is 11.4 Å². The second kappa shape index (κ2) is 7.94. The molecule has 0 aliphatic carbocycles. The lowest BCUT2D eigenvalue weighted by molar-refractivity contribution is -0.121. The van der Waals surface area contributed by atoms with Crippen LogP contribution in [0, 0.1) is 5.82 Å². The predicted octanol–water partition coefficient (Wildman–Crippen LogP) is 3.75. The minimum atomic E-state index is -0.313. The first-order valence-electron chi connectivity index (χ1n) is 7.94. The number of benzene rings is 2. The van der Waals surface area contributed by atoms with E-state index >= 15 is 0 Å². The average Bonchev–Trinajstić information content (AvgIpc) is 2.88. The van der Waals surface area contributed by atoms with Crippen molar-refractivity contribution in [2.45, 2.75) is 6.61 Å². The summed E-state index contributed by atoms with van der Waals surface area (Å²) in [5, 5.41) is 3.51. The van der Waals surface area contributed by atoms with Crippen molar-refractivity contribution >= 4 is 40.9 Å². The summed E-state index contributed by atoms with van der Waals surface area (Å²) in [6.07, 6.45) is 1.64. The van der Waals surface area contributed by atoms with E-state index in [2.05, 4.69) is 5.32 Å². The van der Waals surface area contributed by atoms with Crippen LogP contribution in [-0.4, -0.2) is 30.1 Å². The van der Waals surface area contributed by atoms with E-state index < -0.39 is 0 Å². The van der Waals surface area contributed by atoms with E-state index in [-0.39, 0.29) is 18.3 Å². The van der Waals surface area contributed by atoms with Crippen LogP contribution in [0.25, 0.3) is 6.08 Å². The molecule has 8 heteroatoms. The molecular formula is C19H16ClFN2O3S. The quantitative estimate of drug-likeness (QED) is 0.605. The van der Waals surface area contributed by atoms with Gasteiger partial charge in [0.05, 0.1) is 12.1 Å². The van der Waals surface area contributed by atoms with E-state index in [1.807, 2.05) is 0 Å². The molecule has 1 amide bonds. The molecule has 1 fully saturated rings. The van der Waals surface area contributed by atoms with E-state index in [0.29, 0.717) is 32.9 Å². The Kier molecular flexibility index (Phi) is 5.62. The first kappa shape index (κ1) is 19.1. The van der Waals surface area contributed by atoms with Gasteiger partial charge in [0.2, 0.25) is 0 Å². The Hall–Kier alpha value is -2.64. The van der Waals surface area contributed by atoms with Crippen molar-refractivity contribution < 1.29 is 18.7 Å². The molecule has 3 rings (SSSR count). The lowest BCUT2D eigenvalue weighted by atomic mass is 10.1. The van der Waals surface area contributed by atoms with E-state index in [0.717, 1.165) is 5.56 Å². The molecule has 1 heterocycles. The van der Waals surface area contributed by atoms with Gasteiger partial charge in [0.15, 0.2) is 16.6 Å². The molecule has 2 aromatic carbocycles. The van der Waals surface area contributed by atoms with Crippen LogP contribution < -0.4 is 14.8 Å². The molecule has 2 aromatic rings. The molecule has 0 aromatic heterocycles. The zero-order chi connectivity index (χ0) is 19.6. The van der Waals surface area contributed by atoms with Crippen molar-refractivity contribution in [1.82, 2.24) is 10.2 Å². The molecule has 0 bridgehead atoms. The van der Waals surface area contributed by atoms with Crippen molar-refractivity contribution in [3.05, 3.63) is 64.1 Å². The summed E-state index contributed by atoms with van der Waals surface area (Å²) < 4.78 is 24.1. The summed E-state index contributed by atoms with van der Waals surface area (Å²) in [6, 6.07) is 9.35. The fourth-order valence-corrected chi connectivity index (χ4v) is 2.96. The van der Waals surface area contributed by atoms with Gasteiger partial charge >= 0.3 is 0 Å². The number of nitrogens with zero attached hydrogens (tertiary/aromatic N) is 1. The number of hydrogen-bond donors (Lipinski definition) is 1. The summed E-state index contributed by atoms with van der Waals surface area (Å²) in [6.45, 7) is 0.204. The van der Waals surface area contributed by atoms with Crippen molar-refractivity contribution in [3.63, 3.8) is 0 Å². The lowest BCUT2D eigenvalue weighted by Gasteiger charge is -2.13. The first-order chi connectivity index (χ1) is 12.9. The summed E-state index contributed by atoms with van der Waals surface area (Å²) in [5.74, 6) is 0.237. The predicted molar refractivity (Wildman–Crippen MR) is 105 cm³/mol. The minimum absolute atomic E-state index is 0.204. The fraction of sp³-hybridized carbons (Fsp3) is 0.158. The van der Waals surface area contributed by atoms with Crippen LogP contribution in [0.2, 0.25) is 5.02 Å². The Balaban J connectivity index is 1.84. The van der Waals surface area contributed by atoms with Crippen LogP contribution >= 0.6 is 23.8 Å². The second-order valence-corrected chi connectivity index (χ2v) is 6.60. The molecule has 1 N–H and O–H groups in total. The Morgan fingerprint density at radius 3 is 2.59 bits per heavy atom. The number of carbonyl (C=O) groups is 1. The number of ether oxygens (including phenoxy) is 2. The van der Waals surface area contributed by atoms with Crippen LogP contribution in [0.5, 0.6) is 11.5 Å². The maximum atomic E-state index is 13.0. The van der Waals surface area contributed by atoms with E-state index in [4.69, 9.17) is 33.3 Å². The molecule has 1 aliphatic heterocycles. The number of thiocarbonyl (C=S) groups is 1. The van der Waals surface area contributed by atoms with Gasteiger partial charge in [-0.1, -0.05) is 23.7 Å². The van der Waals surface area contributed by atoms with Gasteiger partial charge in [-0.3, -0.25) is 9.69 Å². The zero-order valence-corrected chi connectivity index (χ0v) is 16.2. The molecule has 0 saturated carbocycles. The third-order valence-corrected chi connectivity index (χ3v) is 4.60. The highest BCUT2D eigenvalue weighted by atomic mass is 35.5. The van der Waals surface area contributed by atoms with Crippen LogP contribution in [0.4, 0.5) is 4.39 Å². The first-order valence-corrected chi connectivity index (χ1v) is 8.73. The third kappa shape index (κ3) is 4.20. The number of halogens is 2. The molecule has 0 atom stereocenters. The summed E-state index contributed by atoms with van der Waals surface area (Å²) in [5.41, 5.74) is 1.79. The number of carbonyl (C=O) groups excluding carboxylic acids is 1. The van der Waals surface area contributed by atoms with Crippen molar-refractivity contribution in [3.8, 4) is 11.5 Å². The van der Waals surface area contributed by atoms with Crippen molar-refractivity contribution in [2.24, 2.45) is 0 Å². The Morgan fingerprint density at radius 2 is 2.00 bits per heavy atom.